The normalized spacial score (nSPS) is 13.5. The number of primary amides is 1. The van der Waals surface area contributed by atoms with Crippen LogP contribution in [0.5, 0.6) is 5.75 Å². The lowest BCUT2D eigenvalue weighted by atomic mass is 9.86. The third kappa shape index (κ3) is 5.23. The van der Waals surface area contributed by atoms with Gasteiger partial charge < -0.3 is 21.1 Å². The number of nitrogens with one attached hydrogen (secondary N) is 3. The molecule has 142 valence electrons. The standard InChI is InChI=1S/C21H26N4O2/c1-14-5-7-15(8-6-14)12-24-21(23)25-18-10-9-17(20(22)26)11-19(18)27-13-16-3-2-4-16/h5-11,16H,2-4,12-13H2,1H3,(H2,22,26)(H3,23,24,25). The van der Waals surface area contributed by atoms with Crippen molar-refractivity contribution < 1.29 is 9.53 Å². The van der Waals surface area contributed by atoms with Crippen molar-refractivity contribution >= 4 is 17.6 Å². The summed E-state index contributed by atoms with van der Waals surface area (Å²) in [6, 6.07) is 13.1. The van der Waals surface area contributed by atoms with Crippen molar-refractivity contribution in [2.45, 2.75) is 32.7 Å². The molecule has 0 atom stereocenters. The van der Waals surface area contributed by atoms with Crippen molar-refractivity contribution in [1.82, 2.24) is 5.32 Å². The van der Waals surface area contributed by atoms with Gasteiger partial charge in [0.15, 0.2) is 5.96 Å². The monoisotopic (exact) mass is 366 g/mol. The fourth-order valence-corrected chi connectivity index (χ4v) is 2.84. The fourth-order valence-electron chi connectivity index (χ4n) is 2.84. The Morgan fingerprint density at radius 2 is 1.96 bits per heavy atom. The minimum absolute atomic E-state index is 0.163. The number of aryl methyl sites for hydroxylation is 1. The first kappa shape index (κ1) is 18.8. The quantitative estimate of drug-likeness (QED) is 0.446. The SMILES string of the molecule is Cc1ccc(CNC(=N)Nc2ccc(C(N)=O)cc2OCC2CCC2)cc1. The van der Waals surface area contributed by atoms with Gasteiger partial charge in [-0.05, 0) is 49.4 Å². The molecule has 2 aromatic rings. The number of hydrogen-bond acceptors (Lipinski definition) is 3. The molecule has 0 saturated heterocycles. The summed E-state index contributed by atoms with van der Waals surface area (Å²) in [4.78, 5) is 11.5. The van der Waals surface area contributed by atoms with Crippen LogP contribution in [-0.2, 0) is 6.54 Å². The van der Waals surface area contributed by atoms with Crippen LogP contribution in [0.25, 0.3) is 0 Å². The summed E-state index contributed by atoms with van der Waals surface area (Å²) in [5.41, 5.74) is 8.71. The van der Waals surface area contributed by atoms with Gasteiger partial charge >= 0.3 is 0 Å². The zero-order valence-corrected chi connectivity index (χ0v) is 15.5. The molecule has 0 bridgehead atoms. The molecule has 0 heterocycles. The van der Waals surface area contributed by atoms with Gasteiger partial charge in [0, 0.05) is 12.1 Å². The lowest BCUT2D eigenvalue weighted by molar-refractivity contribution is 0.0999. The summed E-state index contributed by atoms with van der Waals surface area (Å²) in [6.07, 6.45) is 3.59. The van der Waals surface area contributed by atoms with Gasteiger partial charge in [-0.15, -0.1) is 0 Å². The first-order valence-electron chi connectivity index (χ1n) is 9.23. The molecule has 0 aliphatic heterocycles. The van der Waals surface area contributed by atoms with Crippen LogP contribution in [-0.4, -0.2) is 18.5 Å². The maximum absolute atomic E-state index is 11.5. The molecule has 2 aromatic carbocycles. The Labute approximate surface area is 159 Å². The molecule has 1 fully saturated rings. The van der Waals surface area contributed by atoms with E-state index in [0.29, 0.717) is 36.1 Å². The molecule has 1 saturated carbocycles. The van der Waals surface area contributed by atoms with Crippen molar-refractivity contribution in [3.8, 4) is 5.75 Å². The van der Waals surface area contributed by atoms with Crippen molar-refractivity contribution in [3.63, 3.8) is 0 Å². The van der Waals surface area contributed by atoms with E-state index in [0.717, 1.165) is 5.56 Å². The van der Waals surface area contributed by atoms with E-state index in [-0.39, 0.29) is 5.96 Å². The van der Waals surface area contributed by atoms with Crippen LogP contribution < -0.4 is 21.1 Å². The Morgan fingerprint density at radius 1 is 1.22 bits per heavy atom. The van der Waals surface area contributed by atoms with Gasteiger partial charge in [-0.3, -0.25) is 10.2 Å². The van der Waals surface area contributed by atoms with Crippen LogP contribution >= 0.6 is 0 Å². The van der Waals surface area contributed by atoms with E-state index in [2.05, 4.69) is 10.6 Å². The number of amides is 1. The van der Waals surface area contributed by atoms with E-state index in [4.69, 9.17) is 15.9 Å². The lowest BCUT2D eigenvalue weighted by Gasteiger charge is -2.26. The Bertz CT molecular complexity index is 813. The second-order valence-electron chi connectivity index (χ2n) is 7.02. The van der Waals surface area contributed by atoms with Crippen LogP contribution in [0.3, 0.4) is 0 Å². The van der Waals surface area contributed by atoms with E-state index in [1.165, 1.54) is 24.8 Å². The van der Waals surface area contributed by atoms with Crippen LogP contribution in [0.1, 0.15) is 40.7 Å². The lowest BCUT2D eigenvalue weighted by Crippen LogP contribution is -2.29. The maximum Gasteiger partial charge on any atom is 0.248 e. The summed E-state index contributed by atoms with van der Waals surface area (Å²) < 4.78 is 5.91. The number of carbonyl (C=O) groups excluding carboxylic acids is 1. The highest BCUT2D eigenvalue weighted by atomic mass is 16.5. The van der Waals surface area contributed by atoms with Gasteiger partial charge in [-0.1, -0.05) is 36.2 Å². The molecule has 6 heteroatoms. The van der Waals surface area contributed by atoms with Gasteiger partial charge in [-0.2, -0.15) is 0 Å². The predicted molar refractivity (Wildman–Crippen MR) is 107 cm³/mol. The average Bonchev–Trinajstić information content (AvgIpc) is 2.61. The van der Waals surface area contributed by atoms with Crippen molar-refractivity contribution in [1.29, 1.82) is 5.41 Å². The van der Waals surface area contributed by atoms with Gasteiger partial charge in [0.1, 0.15) is 5.75 Å². The van der Waals surface area contributed by atoms with Crippen LogP contribution in [0.15, 0.2) is 42.5 Å². The molecule has 0 radical (unpaired) electrons. The molecule has 6 nitrogen and oxygen atoms in total. The van der Waals surface area contributed by atoms with E-state index >= 15 is 0 Å². The smallest absolute Gasteiger partial charge is 0.248 e. The Hall–Kier alpha value is -3.02. The Morgan fingerprint density at radius 3 is 2.59 bits per heavy atom. The highest BCUT2D eigenvalue weighted by Gasteiger charge is 2.19. The van der Waals surface area contributed by atoms with E-state index < -0.39 is 5.91 Å². The molecule has 1 aliphatic carbocycles. The second kappa shape index (κ2) is 8.58. The topological polar surface area (TPSA) is 100 Å². The molecule has 1 amide bonds. The number of hydrogen-bond donors (Lipinski definition) is 4. The van der Waals surface area contributed by atoms with Gasteiger partial charge in [-0.25, -0.2) is 0 Å². The van der Waals surface area contributed by atoms with Gasteiger partial charge in [0.25, 0.3) is 0 Å². The van der Waals surface area contributed by atoms with Crippen LogP contribution in [0.4, 0.5) is 5.69 Å². The van der Waals surface area contributed by atoms with Gasteiger partial charge in [0.05, 0.1) is 12.3 Å². The average molecular weight is 366 g/mol. The molecule has 0 spiro atoms. The fraction of sp³-hybridized carbons (Fsp3) is 0.333. The largest absolute Gasteiger partial charge is 0.491 e. The third-order valence-electron chi connectivity index (χ3n) is 4.81. The Kier molecular flexibility index (Phi) is 5.96. The number of benzene rings is 2. The van der Waals surface area contributed by atoms with E-state index in [1.54, 1.807) is 18.2 Å². The Balaban J connectivity index is 1.63. The number of guanidine groups is 1. The maximum atomic E-state index is 11.5. The summed E-state index contributed by atoms with van der Waals surface area (Å²) >= 11 is 0. The highest BCUT2D eigenvalue weighted by Crippen LogP contribution is 2.30. The molecule has 1 aliphatic rings. The molecule has 0 aromatic heterocycles. The van der Waals surface area contributed by atoms with Gasteiger partial charge in [0.2, 0.25) is 5.91 Å². The van der Waals surface area contributed by atoms with Crippen LogP contribution in [0.2, 0.25) is 0 Å². The molecular weight excluding hydrogens is 340 g/mol. The number of anilines is 1. The summed E-state index contributed by atoms with van der Waals surface area (Å²) in [5.74, 6) is 0.771. The second-order valence-corrected chi connectivity index (χ2v) is 7.02. The zero-order chi connectivity index (χ0) is 19.2. The van der Waals surface area contributed by atoms with Crippen molar-refractivity contribution in [2.24, 2.45) is 11.7 Å². The molecular formula is C21H26N4O2. The van der Waals surface area contributed by atoms with E-state index in [9.17, 15) is 4.79 Å². The molecule has 3 rings (SSSR count). The predicted octanol–water partition coefficient (Wildman–Crippen LogP) is 3.41. The number of nitrogens with two attached hydrogens (primary N) is 1. The minimum atomic E-state index is -0.498. The molecule has 27 heavy (non-hydrogen) atoms. The van der Waals surface area contributed by atoms with Crippen molar-refractivity contribution in [2.75, 3.05) is 11.9 Å². The van der Waals surface area contributed by atoms with Crippen molar-refractivity contribution in [3.05, 3.63) is 59.2 Å². The first-order chi connectivity index (χ1) is 13.0. The first-order valence-corrected chi connectivity index (χ1v) is 9.23. The zero-order valence-electron chi connectivity index (χ0n) is 15.5. The summed E-state index contributed by atoms with van der Waals surface area (Å²) in [6.45, 7) is 3.20. The summed E-state index contributed by atoms with van der Waals surface area (Å²) in [7, 11) is 0. The number of ether oxygens (including phenoxy) is 1. The van der Waals surface area contributed by atoms with E-state index in [1.807, 2.05) is 31.2 Å². The minimum Gasteiger partial charge on any atom is -0.491 e. The highest BCUT2D eigenvalue weighted by molar-refractivity contribution is 5.96. The summed E-state index contributed by atoms with van der Waals surface area (Å²) in [5, 5.41) is 14.2. The third-order valence-corrected chi connectivity index (χ3v) is 4.81. The molecule has 5 N–H and O–H groups in total. The number of rotatable bonds is 7. The van der Waals surface area contributed by atoms with Crippen LogP contribution in [0, 0.1) is 18.3 Å². The molecule has 0 unspecified atom stereocenters. The number of carbonyl (C=O) groups is 1.